The van der Waals surface area contributed by atoms with Gasteiger partial charge in [0.1, 0.15) is 0 Å². The van der Waals surface area contributed by atoms with Crippen molar-refractivity contribution in [2.45, 2.75) is 19.0 Å². The molecule has 2 N–H and O–H groups in total. The predicted molar refractivity (Wildman–Crippen MR) is 96.5 cm³/mol. The van der Waals surface area contributed by atoms with Crippen LogP contribution in [0, 0.1) is 0 Å². The van der Waals surface area contributed by atoms with Gasteiger partial charge in [-0.25, -0.2) is 0 Å². The maximum absolute atomic E-state index is 11.4. The lowest BCUT2D eigenvalue weighted by atomic mass is 9.96. The Labute approximate surface area is 143 Å². The van der Waals surface area contributed by atoms with Gasteiger partial charge in [0.25, 0.3) is 0 Å². The van der Waals surface area contributed by atoms with Gasteiger partial charge in [-0.3, -0.25) is 14.6 Å². The van der Waals surface area contributed by atoms with E-state index in [0.717, 1.165) is 26.2 Å². The molecule has 1 aliphatic rings. The summed E-state index contributed by atoms with van der Waals surface area (Å²) in [7, 11) is 0. The summed E-state index contributed by atoms with van der Waals surface area (Å²) in [5, 5.41) is 0. The van der Waals surface area contributed by atoms with Crippen molar-refractivity contribution in [3.05, 3.63) is 71.8 Å². The number of rotatable bonds is 5. The standard InChI is InChI=1S/C20H25N3O/c1-16(20(21)24)22-12-14-23(15-13-22)19(17-8-4-2-5-9-17)18-10-6-3-7-11-18/h2-11,16,19H,12-15H2,1H3,(H2,21,24). The molecule has 0 spiro atoms. The quantitative estimate of drug-likeness (QED) is 0.918. The van der Waals surface area contributed by atoms with Crippen LogP contribution < -0.4 is 5.73 Å². The molecule has 4 nitrogen and oxygen atoms in total. The van der Waals surface area contributed by atoms with Crippen LogP contribution in [-0.2, 0) is 4.79 Å². The molecule has 0 saturated carbocycles. The molecule has 24 heavy (non-hydrogen) atoms. The highest BCUT2D eigenvalue weighted by atomic mass is 16.1. The minimum atomic E-state index is -0.244. The summed E-state index contributed by atoms with van der Waals surface area (Å²) in [5.74, 6) is -0.244. The number of hydrogen-bond acceptors (Lipinski definition) is 3. The fraction of sp³-hybridized carbons (Fsp3) is 0.350. The van der Waals surface area contributed by atoms with Gasteiger partial charge in [0.05, 0.1) is 12.1 Å². The fourth-order valence-electron chi connectivity index (χ4n) is 3.45. The van der Waals surface area contributed by atoms with Crippen molar-refractivity contribution in [2.75, 3.05) is 26.2 Å². The Morgan fingerprint density at radius 2 is 1.25 bits per heavy atom. The van der Waals surface area contributed by atoms with Gasteiger partial charge in [-0.05, 0) is 18.1 Å². The summed E-state index contributed by atoms with van der Waals surface area (Å²) in [4.78, 5) is 16.1. The van der Waals surface area contributed by atoms with E-state index >= 15 is 0 Å². The van der Waals surface area contributed by atoms with Gasteiger partial charge in [-0.2, -0.15) is 0 Å². The molecular weight excluding hydrogens is 298 g/mol. The zero-order valence-electron chi connectivity index (χ0n) is 14.1. The number of carbonyl (C=O) groups excluding carboxylic acids is 1. The highest BCUT2D eigenvalue weighted by Gasteiger charge is 2.29. The fourth-order valence-corrected chi connectivity index (χ4v) is 3.45. The van der Waals surface area contributed by atoms with E-state index in [1.165, 1.54) is 11.1 Å². The van der Waals surface area contributed by atoms with Gasteiger partial charge in [-0.1, -0.05) is 60.7 Å². The second kappa shape index (κ2) is 7.60. The number of benzene rings is 2. The van der Waals surface area contributed by atoms with Gasteiger partial charge in [0, 0.05) is 26.2 Å². The molecular formula is C20H25N3O. The van der Waals surface area contributed by atoms with Crippen LogP contribution in [0.1, 0.15) is 24.1 Å². The van der Waals surface area contributed by atoms with E-state index in [9.17, 15) is 4.79 Å². The summed E-state index contributed by atoms with van der Waals surface area (Å²) in [6.07, 6.45) is 0. The van der Waals surface area contributed by atoms with E-state index in [0.29, 0.717) is 0 Å². The molecule has 1 saturated heterocycles. The van der Waals surface area contributed by atoms with Crippen LogP contribution in [0.25, 0.3) is 0 Å². The molecule has 1 heterocycles. The third kappa shape index (κ3) is 3.66. The van der Waals surface area contributed by atoms with E-state index in [2.05, 4.69) is 70.5 Å². The Morgan fingerprint density at radius 3 is 1.67 bits per heavy atom. The van der Waals surface area contributed by atoms with Crippen molar-refractivity contribution in [1.82, 2.24) is 9.80 Å². The van der Waals surface area contributed by atoms with E-state index < -0.39 is 0 Å². The maximum atomic E-state index is 11.4. The molecule has 0 aromatic heterocycles. The molecule has 0 radical (unpaired) electrons. The first-order chi connectivity index (χ1) is 11.7. The van der Waals surface area contributed by atoms with Gasteiger partial charge in [0.15, 0.2) is 0 Å². The highest BCUT2D eigenvalue weighted by molar-refractivity contribution is 5.79. The molecule has 0 bridgehead atoms. The SMILES string of the molecule is CC(C(N)=O)N1CCN(C(c2ccccc2)c2ccccc2)CC1. The lowest BCUT2D eigenvalue weighted by molar-refractivity contribution is -0.123. The predicted octanol–water partition coefficient (Wildman–Crippen LogP) is 2.27. The lowest BCUT2D eigenvalue weighted by Crippen LogP contribution is -2.53. The van der Waals surface area contributed by atoms with Crippen molar-refractivity contribution in [1.29, 1.82) is 0 Å². The first-order valence-electron chi connectivity index (χ1n) is 8.54. The van der Waals surface area contributed by atoms with Crippen LogP contribution in [0.5, 0.6) is 0 Å². The Bertz CT molecular complexity index is 612. The topological polar surface area (TPSA) is 49.6 Å². The second-order valence-corrected chi connectivity index (χ2v) is 6.37. The van der Waals surface area contributed by atoms with Crippen molar-refractivity contribution in [3.63, 3.8) is 0 Å². The van der Waals surface area contributed by atoms with Crippen LogP contribution >= 0.6 is 0 Å². The zero-order valence-corrected chi connectivity index (χ0v) is 14.1. The Morgan fingerprint density at radius 1 is 0.833 bits per heavy atom. The van der Waals surface area contributed by atoms with Crippen molar-refractivity contribution < 1.29 is 4.79 Å². The number of nitrogens with zero attached hydrogens (tertiary/aromatic N) is 2. The maximum Gasteiger partial charge on any atom is 0.234 e. The summed E-state index contributed by atoms with van der Waals surface area (Å²) < 4.78 is 0. The number of primary amides is 1. The van der Waals surface area contributed by atoms with Gasteiger partial charge < -0.3 is 5.73 Å². The molecule has 1 aliphatic heterocycles. The minimum absolute atomic E-state index is 0.195. The largest absolute Gasteiger partial charge is 0.368 e. The zero-order chi connectivity index (χ0) is 16.9. The molecule has 1 amide bonds. The number of hydrogen-bond donors (Lipinski definition) is 1. The van der Waals surface area contributed by atoms with E-state index in [-0.39, 0.29) is 18.0 Å². The molecule has 1 fully saturated rings. The average molecular weight is 323 g/mol. The van der Waals surface area contributed by atoms with E-state index in [1.807, 2.05) is 6.92 Å². The Kier molecular flexibility index (Phi) is 5.28. The molecule has 0 aliphatic carbocycles. The van der Waals surface area contributed by atoms with E-state index in [1.54, 1.807) is 0 Å². The molecule has 2 aromatic carbocycles. The minimum Gasteiger partial charge on any atom is -0.368 e. The number of amides is 1. The van der Waals surface area contributed by atoms with Crippen LogP contribution in [0.15, 0.2) is 60.7 Å². The summed E-state index contributed by atoms with van der Waals surface area (Å²) in [6.45, 7) is 5.46. The van der Waals surface area contributed by atoms with Gasteiger partial charge >= 0.3 is 0 Å². The molecule has 3 rings (SSSR count). The second-order valence-electron chi connectivity index (χ2n) is 6.37. The van der Waals surface area contributed by atoms with Crippen molar-refractivity contribution >= 4 is 5.91 Å². The molecule has 1 unspecified atom stereocenters. The van der Waals surface area contributed by atoms with Crippen LogP contribution in [-0.4, -0.2) is 47.9 Å². The summed E-state index contributed by atoms with van der Waals surface area (Å²) in [5.41, 5.74) is 8.06. The molecule has 2 aromatic rings. The number of carbonyl (C=O) groups is 1. The third-order valence-electron chi connectivity index (χ3n) is 4.90. The monoisotopic (exact) mass is 323 g/mol. The van der Waals surface area contributed by atoms with Crippen molar-refractivity contribution in [2.24, 2.45) is 5.73 Å². The average Bonchev–Trinajstić information content (AvgIpc) is 2.64. The summed E-state index contributed by atoms with van der Waals surface area (Å²) >= 11 is 0. The normalized spacial score (nSPS) is 17.8. The van der Waals surface area contributed by atoms with Crippen LogP contribution in [0.2, 0.25) is 0 Å². The first kappa shape index (κ1) is 16.7. The Hall–Kier alpha value is -2.17. The molecule has 1 atom stereocenters. The summed E-state index contributed by atoms with van der Waals surface area (Å²) in [6, 6.07) is 21.3. The highest BCUT2D eigenvalue weighted by Crippen LogP contribution is 2.29. The van der Waals surface area contributed by atoms with E-state index in [4.69, 9.17) is 5.73 Å². The third-order valence-corrected chi connectivity index (χ3v) is 4.90. The molecule has 4 heteroatoms. The first-order valence-corrected chi connectivity index (χ1v) is 8.54. The number of nitrogens with two attached hydrogens (primary N) is 1. The van der Waals surface area contributed by atoms with Crippen LogP contribution in [0.3, 0.4) is 0 Å². The lowest BCUT2D eigenvalue weighted by Gasteiger charge is -2.41. The van der Waals surface area contributed by atoms with Gasteiger partial charge in [0.2, 0.25) is 5.91 Å². The Balaban J connectivity index is 1.80. The smallest absolute Gasteiger partial charge is 0.234 e. The van der Waals surface area contributed by atoms with Gasteiger partial charge in [-0.15, -0.1) is 0 Å². The van der Waals surface area contributed by atoms with Crippen molar-refractivity contribution in [3.8, 4) is 0 Å². The van der Waals surface area contributed by atoms with Crippen LogP contribution in [0.4, 0.5) is 0 Å². The number of piperazine rings is 1. The molecule has 126 valence electrons.